The summed E-state index contributed by atoms with van der Waals surface area (Å²) in [5.41, 5.74) is 6.33. The molecule has 0 bridgehead atoms. The Morgan fingerprint density at radius 3 is 2.48 bits per heavy atom. The first-order valence-corrected chi connectivity index (χ1v) is 11.0. The first-order valence-electron chi connectivity index (χ1n) is 11.0. The van der Waals surface area contributed by atoms with Crippen LogP contribution in [-0.2, 0) is 12.8 Å². The summed E-state index contributed by atoms with van der Waals surface area (Å²) in [6.45, 7) is 6.06. The molecule has 2 aromatic rings. The summed E-state index contributed by atoms with van der Waals surface area (Å²) in [5.74, 6) is 1.65. The molecule has 3 heterocycles. The number of nitrogens with zero attached hydrogens (tertiary/aromatic N) is 1. The van der Waals surface area contributed by atoms with E-state index in [4.69, 9.17) is 0 Å². The van der Waals surface area contributed by atoms with Gasteiger partial charge in [0, 0.05) is 25.2 Å². The summed E-state index contributed by atoms with van der Waals surface area (Å²) in [6.07, 6.45) is 6.34. The van der Waals surface area contributed by atoms with Crippen LogP contribution in [0.25, 0.3) is 0 Å². The van der Waals surface area contributed by atoms with Crippen LogP contribution in [0, 0.1) is 11.8 Å². The zero-order chi connectivity index (χ0) is 18.2. The molecule has 1 unspecified atom stereocenters. The van der Waals surface area contributed by atoms with Gasteiger partial charge in [-0.2, -0.15) is 0 Å². The maximum atomic E-state index is 3.84. The number of nitrogens with one attached hydrogen (secondary N) is 1. The lowest BCUT2D eigenvalue weighted by Crippen LogP contribution is -2.46. The normalized spacial score (nSPS) is 30.3. The smallest absolute Gasteiger partial charge is 0.0353 e. The van der Waals surface area contributed by atoms with E-state index in [0.717, 1.165) is 18.4 Å². The highest BCUT2D eigenvalue weighted by atomic mass is 15.2. The van der Waals surface area contributed by atoms with Gasteiger partial charge in [-0.1, -0.05) is 61.9 Å². The van der Waals surface area contributed by atoms with E-state index < -0.39 is 0 Å². The second kappa shape index (κ2) is 7.41. The number of hydrogen-bond acceptors (Lipinski definition) is 2. The van der Waals surface area contributed by atoms with Crippen molar-refractivity contribution in [1.82, 2.24) is 10.2 Å². The van der Waals surface area contributed by atoms with Gasteiger partial charge in [0.15, 0.2) is 0 Å². The molecule has 2 aromatic carbocycles. The van der Waals surface area contributed by atoms with Crippen LogP contribution in [0.2, 0.25) is 0 Å². The number of benzene rings is 2. The fourth-order valence-corrected chi connectivity index (χ4v) is 5.98. The standard InChI is InChI=1S/C25H32N2/c1-2-18-17-27-14-12-20-8-4-6-10-23(20)25(27)16-21(18)15-24-22-9-5-3-7-19(22)11-13-26-24/h3-10,18,21,24-26H,2,11-17H2,1H3/t18?,21-,24+,25-/m0/s1. The SMILES string of the molecule is CCC1CN2CCc3ccccc3[C@@H]2C[C@@H]1C[C@H]1NCCc2ccccc21. The maximum Gasteiger partial charge on any atom is 0.0353 e. The summed E-state index contributed by atoms with van der Waals surface area (Å²) in [5, 5.41) is 3.84. The maximum absolute atomic E-state index is 3.84. The molecular formula is C25H32N2. The van der Waals surface area contributed by atoms with Crippen molar-refractivity contribution >= 4 is 0 Å². The zero-order valence-corrected chi connectivity index (χ0v) is 16.5. The largest absolute Gasteiger partial charge is 0.310 e. The Morgan fingerprint density at radius 1 is 0.926 bits per heavy atom. The van der Waals surface area contributed by atoms with Crippen molar-refractivity contribution in [2.45, 2.75) is 51.1 Å². The lowest BCUT2D eigenvalue weighted by molar-refractivity contribution is 0.0437. The molecule has 0 saturated carbocycles. The molecule has 0 aromatic heterocycles. The summed E-state index contributed by atoms with van der Waals surface area (Å²) >= 11 is 0. The molecule has 1 saturated heterocycles. The minimum Gasteiger partial charge on any atom is -0.310 e. The van der Waals surface area contributed by atoms with Crippen LogP contribution < -0.4 is 5.32 Å². The van der Waals surface area contributed by atoms with Crippen LogP contribution in [0.1, 0.15) is 60.5 Å². The van der Waals surface area contributed by atoms with Crippen LogP contribution >= 0.6 is 0 Å². The van der Waals surface area contributed by atoms with Gasteiger partial charge in [0.25, 0.3) is 0 Å². The van der Waals surface area contributed by atoms with Crippen molar-refractivity contribution < 1.29 is 0 Å². The fraction of sp³-hybridized carbons (Fsp3) is 0.520. The number of fused-ring (bicyclic) bond motifs is 4. The Morgan fingerprint density at radius 2 is 1.67 bits per heavy atom. The first-order chi connectivity index (χ1) is 13.3. The number of piperidine rings is 1. The molecule has 2 nitrogen and oxygen atoms in total. The number of rotatable bonds is 3. The van der Waals surface area contributed by atoms with E-state index in [1.165, 1.54) is 45.2 Å². The van der Waals surface area contributed by atoms with Crippen molar-refractivity contribution in [3.63, 3.8) is 0 Å². The number of hydrogen-bond donors (Lipinski definition) is 1. The van der Waals surface area contributed by atoms with E-state index in [-0.39, 0.29) is 0 Å². The van der Waals surface area contributed by atoms with Crippen LogP contribution in [-0.4, -0.2) is 24.5 Å². The quantitative estimate of drug-likeness (QED) is 0.837. The molecule has 1 N–H and O–H groups in total. The van der Waals surface area contributed by atoms with Gasteiger partial charge >= 0.3 is 0 Å². The minimum absolute atomic E-state index is 0.541. The lowest BCUT2D eigenvalue weighted by Gasteiger charge is -2.48. The van der Waals surface area contributed by atoms with E-state index in [2.05, 4.69) is 65.7 Å². The predicted octanol–water partition coefficient (Wildman–Crippen LogP) is 4.91. The molecule has 142 valence electrons. The van der Waals surface area contributed by atoms with Crippen LogP contribution in [0.4, 0.5) is 0 Å². The first kappa shape index (κ1) is 17.5. The highest BCUT2D eigenvalue weighted by Gasteiger charge is 2.39. The van der Waals surface area contributed by atoms with E-state index in [1.54, 1.807) is 22.3 Å². The van der Waals surface area contributed by atoms with Crippen molar-refractivity contribution in [3.05, 3.63) is 70.8 Å². The van der Waals surface area contributed by atoms with Crippen LogP contribution in [0.15, 0.2) is 48.5 Å². The molecule has 1 fully saturated rings. The Bertz CT molecular complexity index is 796. The average molecular weight is 361 g/mol. The Hall–Kier alpha value is -1.64. The van der Waals surface area contributed by atoms with Gasteiger partial charge < -0.3 is 5.32 Å². The van der Waals surface area contributed by atoms with Gasteiger partial charge in [-0.15, -0.1) is 0 Å². The molecule has 0 aliphatic carbocycles. The van der Waals surface area contributed by atoms with E-state index in [1.807, 2.05) is 0 Å². The molecule has 2 heteroatoms. The highest BCUT2D eigenvalue weighted by Crippen LogP contribution is 2.45. The average Bonchev–Trinajstić information content (AvgIpc) is 2.73. The van der Waals surface area contributed by atoms with Crippen molar-refractivity contribution in [3.8, 4) is 0 Å². The summed E-state index contributed by atoms with van der Waals surface area (Å²) < 4.78 is 0. The third kappa shape index (κ3) is 3.23. The highest BCUT2D eigenvalue weighted by molar-refractivity contribution is 5.34. The fourth-order valence-electron chi connectivity index (χ4n) is 5.98. The molecule has 5 rings (SSSR count). The van der Waals surface area contributed by atoms with Gasteiger partial charge in [0.2, 0.25) is 0 Å². The third-order valence-corrected chi connectivity index (χ3v) is 7.46. The Kier molecular flexibility index (Phi) is 4.79. The predicted molar refractivity (Wildman–Crippen MR) is 112 cm³/mol. The monoisotopic (exact) mass is 360 g/mol. The zero-order valence-electron chi connectivity index (χ0n) is 16.5. The topological polar surface area (TPSA) is 15.3 Å². The second-order valence-electron chi connectivity index (χ2n) is 8.81. The molecule has 0 spiro atoms. The molecule has 0 radical (unpaired) electrons. The van der Waals surface area contributed by atoms with Gasteiger partial charge in [0.05, 0.1) is 0 Å². The van der Waals surface area contributed by atoms with Crippen molar-refractivity contribution in [1.29, 1.82) is 0 Å². The minimum atomic E-state index is 0.541. The molecule has 3 aliphatic rings. The molecular weight excluding hydrogens is 328 g/mol. The third-order valence-electron chi connectivity index (χ3n) is 7.46. The van der Waals surface area contributed by atoms with Gasteiger partial charge in [-0.05, 0) is 66.3 Å². The summed E-state index contributed by atoms with van der Waals surface area (Å²) in [7, 11) is 0. The lowest BCUT2D eigenvalue weighted by atomic mass is 9.72. The summed E-state index contributed by atoms with van der Waals surface area (Å²) in [4.78, 5) is 2.79. The Labute approximate surface area is 164 Å². The molecule has 27 heavy (non-hydrogen) atoms. The van der Waals surface area contributed by atoms with E-state index in [0.29, 0.717) is 12.1 Å². The van der Waals surface area contributed by atoms with Gasteiger partial charge in [0.1, 0.15) is 0 Å². The van der Waals surface area contributed by atoms with E-state index in [9.17, 15) is 0 Å². The van der Waals surface area contributed by atoms with Crippen LogP contribution in [0.3, 0.4) is 0 Å². The van der Waals surface area contributed by atoms with Gasteiger partial charge in [-0.25, -0.2) is 0 Å². The molecule has 4 atom stereocenters. The van der Waals surface area contributed by atoms with Crippen molar-refractivity contribution in [2.75, 3.05) is 19.6 Å². The van der Waals surface area contributed by atoms with Crippen LogP contribution in [0.5, 0.6) is 0 Å². The Balaban J connectivity index is 1.40. The second-order valence-corrected chi connectivity index (χ2v) is 8.81. The van der Waals surface area contributed by atoms with E-state index >= 15 is 0 Å². The van der Waals surface area contributed by atoms with Crippen molar-refractivity contribution in [2.24, 2.45) is 11.8 Å². The summed E-state index contributed by atoms with van der Waals surface area (Å²) in [6, 6.07) is 19.5. The molecule has 0 amide bonds. The molecule has 3 aliphatic heterocycles. The van der Waals surface area contributed by atoms with Gasteiger partial charge in [-0.3, -0.25) is 4.90 Å².